The summed E-state index contributed by atoms with van der Waals surface area (Å²) in [5.74, 6) is 2.27. The SMILES string of the molecule is CC(C)(O)c1cc2oc(-c3ccc(Oc4ccc(F)cc4)cc3)cc2cc1C1CC1. The molecule has 3 aromatic carbocycles. The molecule has 5 rings (SSSR count). The molecule has 1 heterocycles. The number of fused-ring (bicyclic) bond motifs is 1. The Bertz CT molecular complexity index is 1190. The largest absolute Gasteiger partial charge is 0.457 e. The van der Waals surface area contributed by atoms with E-state index in [2.05, 4.69) is 6.07 Å². The molecule has 0 spiro atoms. The number of hydrogen-bond acceptors (Lipinski definition) is 3. The molecular weight excluding hydrogens is 379 g/mol. The molecule has 1 aliphatic rings. The van der Waals surface area contributed by atoms with Gasteiger partial charge in [0.1, 0.15) is 28.7 Å². The molecule has 1 aliphatic carbocycles. The Kier molecular flexibility index (Phi) is 4.40. The second-order valence-electron chi connectivity index (χ2n) is 8.50. The number of halogens is 1. The molecule has 1 N–H and O–H groups in total. The third-order valence-corrected chi connectivity index (χ3v) is 5.55. The van der Waals surface area contributed by atoms with Gasteiger partial charge >= 0.3 is 0 Å². The molecule has 1 saturated carbocycles. The maximum atomic E-state index is 13.0. The summed E-state index contributed by atoms with van der Waals surface area (Å²) >= 11 is 0. The zero-order valence-electron chi connectivity index (χ0n) is 17.0. The Morgan fingerprint density at radius 1 is 0.933 bits per heavy atom. The van der Waals surface area contributed by atoms with Crippen molar-refractivity contribution in [3.63, 3.8) is 0 Å². The van der Waals surface area contributed by atoms with Gasteiger partial charge in [-0.3, -0.25) is 0 Å². The van der Waals surface area contributed by atoms with Crippen LogP contribution in [-0.4, -0.2) is 5.11 Å². The Morgan fingerprint density at radius 3 is 2.17 bits per heavy atom. The minimum absolute atomic E-state index is 0.292. The highest BCUT2D eigenvalue weighted by molar-refractivity contribution is 5.85. The molecule has 0 unspecified atom stereocenters. The molecule has 30 heavy (non-hydrogen) atoms. The molecule has 0 atom stereocenters. The van der Waals surface area contributed by atoms with Crippen molar-refractivity contribution in [1.29, 1.82) is 0 Å². The van der Waals surface area contributed by atoms with Crippen LogP contribution in [0.2, 0.25) is 0 Å². The zero-order valence-corrected chi connectivity index (χ0v) is 17.0. The first-order valence-corrected chi connectivity index (χ1v) is 10.2. The normalized spacial score (nSPS) is 14.3. The van der Waals surface area contributed by atoms with E-state index in [0.29, 0.717) is 17.4 Å². The summed E-state index contributed by atoms with van der Waals surface area (Å²) in [4.78, 5) is 0. The van der Waals surface area contributed by atoms with E-state index in [0.717, 1.165) is 27.9 Å². The van der Waals surface area contributed by atoms with Crippen molar-refractivity contribution in [1.82, 2.24) is 0 Å². The van der Waals surface area contributed by atoms with Gasteiger partial charge in [-0.15, -0.1) is 0 Å². The highest BCUT2D eigenvalue weighted by Gasteiger charge is 2.31. The van der Waals surface area contributed by atoms with Crippen LogP contribution in [0, 0.1) is 5.82 Å². The first-order chi connectivity index (χ1) is 14.4. The third kappa shape index (κ3) is 3.71. The lowest BCUT2D eigenvalue weighted by Crippen LogP contribution is -2.17. The second kappa shape index (κ2) is 6.99. The summed E-state index contributed by atoms with van der Waals surface area (Å²) in [5, 5.41) is 11.7. The Balaban J connectivity index is 1.45. The lowest BCUT2D eigenvalue weighted by Gasteiger charge is -2.21. The summed E-state index contributed by atoms with van der Waals surface area (Å²) in [6, 6.07) is 19.7. The minimum Gasteiger partial charge on any atom is -0.457 e. The molecular formula is C26H23FO3. The molecule has 0 radical (unpaired) electrons. The fraction of sp³-hybridized carbons (Fsp3) is 0.231. The average Bonchev–Trinajstić information content (AvgIpc) is 3.48. The first kappa shape index (κ1) is 18.9. The third-order valence-electron chi connectivity index (χ3n) is 5.55. The first-order valence-electron chi connectivity index (χ1n) is 10.2. The summed E-state index contributed by atoms with van der Waals surface area (Å²) in [5.41, 5.74) is 2.98. The van der Waals surface area contributed by atoms with E-state index in [4.69, 9.17) is 9.15 Å². The monoisotopic (exact) mass is 402 g/mol. The lowest BCUT2D eigenvalue weighted by atomic mass is 9.90. The maximum absolute atomic E-state index is 13.0. The van der Waals surface area contributed by atoms with Gasteiger partial charge in [-0.05, 0) is 110 Å². The smallest absolute Gasteiger partial charge is 0.135 e. The average molecular weight is 402 g/mol. The zero-order chi connectivity index (χ0) is 20.9. The predicted molar refractivity (Wildman–Crippen MR) is 115 cm³/mol. The van der Waals surface area contributed by atoms with Crippen LogP contribution in [0.25, 0.3) is 22.3 Å². The van der Waals surface area contributed by atoms with Gasteiger partial charge < -0.3 is 14.3 Å². The topological polar surface area (TPSA) is 42.6 Å². The van der Waals surface area contributed by atoms with Gasteiger partial charge in [0.05, 0.1) is 5.60 Å². The van der Waals surface area contributed by atoms with Crippen molar-refractivity contribution in [2.75, 3.05) is 0 Å². The van der Waals surface area contributed by atoms with Gasteiger partial charge in [0, 0.05) is 10.9 Å². The Hall–Kier alpha value is -3.11. The number of aliphatic hydroxyl groups is 1. The van der Waals surface area contributed by atoms with Gasteiger partial charge in [-0.1, -0.05) is 0 Å². The van der Waals surface area contributed by atoms with Gasteiger partial charge in [0.15, 0.2) is 0 Å². The summed E-state index contributed by atoms with van der Waals surface area (Å²) in [6.45, 7) is 3.65. The van der Waals surface area contributed by atoms with E-state index in [1.165, 1.54) is 30.5 Å². The highest BCUT2D eigenvalue weighted by atomic mass is 19.1. The van der Waals surface area contributed by atoms with Crippen LogP contribution < -0.4 is 4.74 Å². The fourth-order valence-corrected chi connectivity index (χ4v) is 3.83. The Morgan fingerprint density at radius 2 is 1.57 bits per heavy atom. The Labute approximate surface area is 174 Å². The summed E-state index contributed by atoms with van der Waals surface area (Å²) in [6.07, 6.45) is 2.35. The van der Waals surface area contributed by atoms with Crippen molar-refractivity contribution in [2.24, 2.45) is 0 Å². The van der Waals surface area contributed by atoms with Crippen molar-refractivity contribution in [2.45, 2.75) is 38.2 Å². The minimum atomic E-state index is -0.904. The van der Waals surface area contributed by atoms with Crippen LogP contribution in [0.5, 0.6) is 11.5 Å². The highest BCUT2D eigenvalue weighted by Crippen LogP contribution is 2.46. The summed E-state index contributed by atoms with van der Waals surface area (Å²) in [7, 11) is 0. The van der Waals surface area contributed by atoms with Crippen molar-refractivity contribution in [3.05, 3.63) is 83.7 Å². The second-order valence-corrected chi connectivity index (χ2v) is 8.50. The number of ether oxygens (including phenoxy) is 1. The molecule has 0 bridgehead atoms. The molecule has 0 amide bonds. The van der Waals surface area contributed by atoms with Gasteiger partial charge in [-0.2, -0.15) is 0 Å². The molecule has 1 fully saturated rings. The number of hydrogen-bond donors (Lipinski definition) is 1. The van der Waals surface area contributed by atoms with Crippen LogP contribution in [0.4, 0.5) is 4.39 Å². The lowest BCUT2D eigenvalue weighted by molar-refractivity contribution is 0.0776. The van der Waals surface area contributed by atoms with Crippen molar-refractivity contribution < 1.29 is 18.7 Å². The molecule has 4 aromatic rings. The van der Waals surface area contributed by atoms with E-state index in [1.54, 1.807) is 12.1 Å². The van der Waals surface area contributed by atoms with Gasteiger partial charge in [-0.25, -0.2) is 4.39 Å². The van der Waals surface area contributed by atoms with Crippen molar-refractivity contribution >= 4 is 11.0 Å². The van der Waals surface area contributed by atoms with E-state index >= 15 is 0 Å². The van der Waals surface area contributed by atoms with Crippen molar-refractivity contribution in [3.8, 4) is 22.8 Å². The summed E-state index contributed by atoms with van der Waals surface area (Å²) < 4.78 is 24.9. The van der Waals surface area contributed by atoms with E-state index in [9.17, 15) is 9.50 Å². The molecule has 0 aliphatic heterocycles. The predicted octanol–water partition coefficient (Wildman–Crippen LogP) is 7.14. The number of furan rings is 1. The molecule has 3 nitrogen and oxygen atoms in total. The van der Waals surface area contributed by atoms with Crippen LogP contribution in [0.15, 0.2) is 71.1 Å². The molecule has 4 heteroatoms. The molecule has 1 aromatic heterocycles. The van der Waals surface area contributed by atoms with E-state index in [-0.39, 0.29) is 5.82 Å². The standard InChI is InChI=1S/C26H23FO3/c1-26(2,28)23-15-25-18(13-22(23)16-3-4-16)14-24(30-25)17-5-9-20(10-6-17)29-21-11-7-19(27)8-12-21/h5-16,28H,3-4H2,1-2H3. The molecule has 0 saturated heterocycles. The maximum Gasteiger partial charge on any atom is 0.135 e. The van der Waals surface area contributed by atoms with Gasteiger partial charge in [0.25, 0.3) is 0 Å². The van der Waals surface area contributed by atoms with E-state index < -0.39 is 5.60 Å². The van der Waals surface area contributed by atoms with Crippen LogP contribution in [0.1, 0.15) is 43.7 Å². The van der Waals surface area contributed by atoms with Gasteiger partial charge in [0.2, 0.25) is 0 Å². The van der Waals surface area contributed by atoms with E-state index in [1.807, 2.05) is 50.2 Å². The van der Waals surface area contributed by atoms with Crippen LogP contribution >= 0.6 is 0 Å². The van der Waals surface area contributed by atoms with Crippen LogP contribution in [-0.2, 0) is 5.60 Å². The van der Waals surface area contributed by atoms with Crippen LogP contribution in [0.3, 0.4) is 0 Å². The fourth-order valence-electron chi connectivity index (χ4n) is 3.83. The number of benzene rings is 3. The molecule has 152 valence electrons. The number of rotatable bonds is 5. The quantitative estimate of drug-likeness (QED) is 0.386.